The van der Waals surface area contributed by atoms with Crippen LogP contribution in [-0.4, -0.2) is 20.8 Å². The first-order valence-electron chi connectivity index (χ1n) is 11.1. The summed E-state index contributed by atoms with van der Waals surface area (Å²) in [4.78, 5) is 26.5. The van der Waals surface area contributed by atoms with E-state index in [1.54, 1.807) is 18.7 Å². The van der Waals surface area contributed by atoms with E-state index in [0.717, 1.165) is 22.7 Å². The minimum atomic E-state index is -0.301. The molecule has 1 N–H and O–H groups in total. The molecule has 0 aliphatic heterocycles. The van der Waals surface area contributed by atoms with Crippen LogP contribution in [0.25, 0.3) is 10.9 Å². The molecule has 0 aliphatic rings. The van der Waals surface area contributed by atoms with Gasteiger partial charge in [-0.25, -0.2) is 4.79 Å². The number of benzene rings is 2. The zero-order valence-electron chi connectivity index (χ0n) is 19.8. The number of para-hydroxylation sites is 1. The maximum absolute atomic E-state index is 13.4. The molecule has 4 rings (SSSR count). The van der Waals surface area contributed by atoms with Crippen LogP contribution in [0.2, 0.25) is 0 Å². The number of methoxy groups -OCH3 is 1. The molecule has 2 aromatic heterocycles. The number of nitrogens with one attached hydrogen (secondary N) is 1. The Morgan fingerprint density at radius 1 is 0.970 bits per heavy atom. The third-order valence-corrected chi connectivity index (χ3v) is 5.88. The summed E-state index contributed by atoms with van der Waals surface area (Å²) in [7, 11) is 3.19. The normalized spacial score (nSPS) is 11.3. The van der Waals surface area contributed by atoms with Crippen molar-refractivity contribution in [3.63, 3.8) is 0 Å². The molecule has 4 aromatic rings. The van der Waals surface area contributed by atoms with E-state index in [2.05, 4.69) is 23.7 Å². The molecule has 0 saturated heterocycles. The third-order valence-electron chi connectivity index (χ3n) is 5.88. The van der Waals surface area contributed by atoms with Gasteiger partial charge in [0.05, 0.1) is 12.6 Å². The minimum Gasteiger partial charge on any atom is -0.497 e. The largest absolute Gasteiger partial charge is 0.497 e. The number of hydrogen-bond acceptors (Lipinski definition) is 4. The predicted molar refractivity (Wildman–Crippen MR) is 133 cm³/mol. The molecule has 0 fully saturated rings. The van der Waals surface area contributed by atoms with Crippen LogP contribution in [0.5, 0.6) is 5.75 Å². The van der Waals surface area contributed by atoms with E-state index in [9.17, 15) is 9.59 Å². The molecule has 0 bridgehead atoms. The summed E-state index contributed by atoms with van der Waals surface area (Å²) < 4.78 is 10.3. The molecule has 7 heteroatoms. The fourth-order valence-electron chi connectivity index (χ4n) is 4.22. The standard InChI is InChI=1S/C26H30N4O3/c1-17(2)15-30-23-18(3)29(16-19-11-13-21(33-5)14-12-19)24(27-20-9-7-6-8-10-20)22(23)25(31)28(4)26(30)32/h6-14,17,27H,15-16H2,1-5H3. The van der Waals surface area contributed by atoms with Gasteiger partial charge in [0.15, 0.2) is 0 Å². The maximum Gasteiger partial charge on any atom is 0.331 e. The molecular weight excluding hydrogens is 416 g/mol. The highest BCUT2D eigenvalue weighted by Crippen LogP contribution is 2.31. The van der Waals surface area contributed by atoms with Gasteiger partial charge in [0.1, 0.15) is 17.0 Å². The number of hydrogen-bond donors (Lipinski definition) is 1. The number of anilines is 2. The molecular formula is C26H30N4O3. The summed E-state index contributed by atoms with van der Waals surface area (Å²) in [5.41, 5.74) is 2.89. The summed E-state index contributed by atoms with van der Waals surface area (Å²) in [5.74, 6) is 1.72. The monoisotopic (exact) mass is 446 g/mol. The van der Waals surface area contributed by atoms with Crippen molar-refractivity contribution < 1.29 is 4.74 Å². The van der Waals surface area contributed by atoms with Crippen molar-refractivity contribution >= 4 is 22.4 Å². The first-order chi connectivity index (χ1) is 15.8. The molecule has 0 amide bonds. The molecule has 33 heavy (non-hydrogen) atoms. The summed E-state index contributed by atoms with van der Waals surface area (Å²) in [6.07, 6.45) is 0. The average molecular weight is 447 g/mol. The van der Waals surface area contributed by atoms with Gasteiger partial charge in [0, 0.05) is 31.5 Å². The first kappa shape index (κ1) is 22.5. The van der Waals surface area contributed by atoms with Crippen molar-refractivity contribution in [2.45, 2.75) is 33.9 Å². The second-order valence-corrected chi connectivity index (χ2v) is 8.73. The van der Waals surface area contributed by atoms with Gasteiger partial charge in [-0.05, 0) is 42.7 Å². The smallest absolute Gasteiger partial charge is 0.331 e. The SMILES string of the molecule is COc1ccc(Cn2c(Nc3ccccc3)c3c(=O)n(C)c(=O)n(CC(C)C)c3c2C)cc1. The van der Waals surface area contributed by atoms with Crippen LogP contribution in [0.3, 0.4) is 0 Å². The zero-order valence-corrected chi connectivity index (χ0v) is 19.8. The van der Waals surface area contributed by atoms with Crippen molar-refractivity contribution in [3.05, 3.63) is 86.7 Å². The van der Waals surface area contributed by atoms with Gasteiger partial charge < -0.3 is 14.6 Å². The van der Waals surface area contributed by atoms with Gasteiger partial charge in [-0.3, -0.25) is 13.9 Å². The Bertz CT molecular complexity index is 1390. The van der Waals surface area contributed by atoms with Crippen molar-refractivity contribution in [2.75, 3.05) is 12.4 Å². The maximum atomic E-state index is 13.4. The van der Waals surface area contributed by atoms with Gasteiger partial charge in [-0.2, -0.15) is 0 Å². The van der Waals surface area contributed by atoms with Crippen LogP contribution in [0, 0.1) is 12.8 Å². The van der Waals surface area contributed by atoms with Crippen molar-refractivity contribution in [3.8, 4) is 5.75 Å². The number of nitrogens with zero attached hydrogens (tertiary/aromatic N) is 3. The van der Waals surface area contributed by atoms with Crippen LogP contribution in [0.15, 0.2) is 64.2 Å². The minimum absolute atomic E-state index is 0.248. The van der Waals surface area contributed by atoms with Crippen LogP contribution < -0.4 is 21.3 Å². The summed E-state index contributed by atoms with van der Waals surface area (Å²) in [6, 6.07) is 17.6. The molecule has 0 radical (unpaired) electrons. The highest BCUT2D eigenvalue weighted by molar-refractivity contribution is 5.94. The van der Waals surface area contributed by atoms with Gasteiger partial charge in [-0.15, -0.1) is 0 Å². The zero-order chi connectivity index (χ0) is 23.7. The number of rotatable bonds is 7. The second-order valence-electron chi connectivity index (χ2n) is 8.73. The van der Waals surface area contributed by atoms with Crippen LogP contribution in [0.1, 0.15) is 25.1 Å². The number of aryl methyl sites for hydroxylation is 1. The molecule has 0 spiro atoms. The number of aromatic nitrogens is 3. The van der Waals surface area contributed by atoms with E-state index in [0.29, 0.717) is 29.8 Å². The van der Waals surface area contributed by atoms with Gasteiger partial charge in [-0.1, -0.05) is 44.2 Å². The second kappa shape index (κ2) is 9.02. The predicted octanol–water partition coefficient (Wildman–Crippen LogP) is 4.27. The molecule has 2 aromatic carbocycles. The fourth-order valence-corrected chi connectivity index (χ4v) is 4.22. The van der Waals surface area contributed by atoms with Gasteiger partial charge in [0.2, 0.25) is 0 Å². The highest BCUT2D eigenvalue weighted by atomic mass is 16.5. The van der Waals surface area contributed by atoms with Gasteiger partial charge in [0.25, 0.3) is 5.56 Å². The van der Waals surface area contributed by atoms with Crippen molar-refractivity contribution in [1.29, 1.82) is 0 Å². The van der Waals surface area contributed by atoms with Crippen molar-refractivity contribution in [2.24, 2.45) is 13.0 Å². The molecule has 0 saturated carbocycles. The van der Waals surface area contributed by atoms with E-state index >= 15 is 0 Å². The fraction of sp³-hybridized carbons (Fsp3) is 0.308. The highest BCUT2D eigenvalue weighted by Gasteiger charge is 2.23. The van der Waals surface area contributed by atoms with Crippen LogP contribution in [-0.2, 0) is 20.1 Å². The molecule has 172 valence electrons. The molecule has 0 aliphatic carbocycles. The summed E-state index contributed by atoms with van der Waals surface area (Å²) in [6.45, 7) is 7.17. The molecule has 7 nitrogen and oxygen atoms in total. The molecule has 0 atom stereocenters. The topological polar surface area (TPSA) is 70.2 Å². The Morgan fingerprint density at radius 2 is 1.64 bits per heavy atom. The lowest BCUT2D eigenvalue weighted by Gasteiger charge is -2.14. The Kier molecular flexibility index (Phi) is 6.14. The lowest BCUT2D eigenvalue weighted by atomic mass is 10.2. The Balaban J connectivity index is 2.00. The van der Waals surface area contributed by atoms with E-state index in [-0.39, 0.29) is 17.2 Å². The molecule has 0 unspecified atom stereocenters. The van der Waals surface area contributed by atoms with E-state index < -0.39 is 0 Å². The van der Waals surface area contributed by atoms with Crippen molar-refractivity contribution in [1.82, 2.24) is 13.7 Å². The lowest BCUT2D eigenvalue weighted by Crippen LogP contribution is -2.38. The summed E-state index contributed by atoms with van der Waals surface area (Å²) >= 11 is 0. The quantitative estimate of drug-likeness (QED) is 0.460. The molecule has 2 heterocycles. The van der Waals surface area contributed by atoms with E-state index in [1.807, 2.05) is 61.5 Å². The van der Waals surface area contributed by atoms with E-state index in [1.165, 1.54) is 4.57 Å². The van der Waals surface area contributed by atoms with Crippen LogP contribution in [0.4, 0.5) is 11.5 Å². The third kappa shape index (κ3) is 4.18. The van der Waals surface area contributed by atoms with E-state index in [4.69, 9.17) is 4.74 Å². The van der Waals surface area contributed by atoms with Gasteiger partial charge >= 0.3 is 5.69 Å². The Morgan fingerprint density at radius 3 is 2.24 bits per heavy atom. The lowest BCUT2D eigenvalue weighted by molar-refractivity contribution is 0.414. The Hall–Kier alpha value is -3.74. The van der Waals surface area contributed by atoms with Crippen LogP contribution >= 0.6 is 0 Å². The first-order valence-corrected chi connectivity index (χ1v) is 11.1. The number of ether oxygens (including phenoxy) is 1. The Labute approximate surface area is 192 Å². The summed E-state index contributed by atoms with van der Waals surface area (Å²) in [5, 5.41) is 3.98. The number of fused-ring (bicyclic) bond motifs is 1. The average Bonchev–Trinajstić information content (AvgIpc) is 3.07.